The van der Waals surface area contributed by atoms with E-state index in [1.54, 1.807) is 0 Å². The van der Waals surface area contributed by atoms with Crippen molar-refractivity contribution in [2.45, 2.75) is 41.5 Å². The van der Waals surface area contributed by atoms with Gasteiger partial charge in [-0.05, 0) is 41.5 Å². The topological polar surface area (TPSA) is 38.7 Å². The molecule has 156 valence electrons. The Hall–Kier alpha value is -3.33. The second-order valence-corrected chi connectivity index (χ2v) is 6.94. The summed E-state index contributed by atoms with van der Waals surface area (Å²) in [6.07, 6.45) is 0. The van der Waals surface area contributed by atoms with E-state index in [-0.39, 0.29) is 0 Å². The lowest BCUT2D eigenvalue weighted by molar-refractivity contribution is 0.875. The van der Waals surface area contributed by atoms with Crippen LogP contribution in [0.4, 0.5) is 0 Å². The quantitative estimate of drug-likeness (QED) is 0.327. The number of nitrogens with zero attached hydrogens (tertiary/aromatic N) is 3. The predicted octanol–water partition coefficient (Wildman–Crippen LogP) is 6.78. The lowest BCUT2D eigenvalue weighted by atomic mass is 10.2. The van der Waals surface area contributed by atoms with Gasteiger partial charge in [0.2, 0.25) is 0 Å². The van der Waals surface area contributed by atoms with Crippen LogP contribution >= 0.6 is 0 Å². The second kappa shape index (κ2) is 14.6. The molecule has 3 aromatic carbocycles. The molecule has 0 unspecified atom stereocenters. The normalized spacial score (nSPS) is 9.00. The van der Waals surface area contributed by atoms with Crippen molar-refractivity contribution >= 4 is 0 Å². The van der Waals surface area contributed by atoms with E-state index in [9.17, 15) is 0 Å². The van der Waals surface area contributed by atoms with Gasteiger partial charge in [0.15, 0.2) is 0 Å². The van der Waals surface area contributed by atoms with Crippen molar-refractivity contribution in [2.24, 2.45) is 0 Å². The average molecular weight is 400 g/mol. The molecule has 0 aliphatic heterocycles. The summed E-state index contributed by atoms with van der Waals surface area (Å²) in [4.78, 5) is 12.0. The van der Waals surface area contributed by atoms with E-state index < -0.39 is 0 Å². The van der Waals surface area contributed by atoms with Gasteiger partial charge >= 0.3 is 0 Å². The molecule has 0 fully saturated rings. The number of benzene rings is 3. The van der Waals surface area contributed by atoms with Crippen LogP contribution in [0.1, 0.15) is 34.2 Å². The van der Waals surface area contributed by atoms with E-state index in [1.165, 1.54) is 16.7 Å². The lowest BCUT2D eigenvalue weighted by Gasteiger charge is -1.94. The molecular weight excluding hydrogens is 366 g/mol. The number of rotatable bonds is 0. The molecule has 0 saturated heterocycles. The zero-order valence-electron chi connectivity index (χ0n) is 19.0. The van der Waals surface area contributed by atoms with Gasteiger partial charge in [-0.2, -0.15) is 0 Å². The van der Waals surface area contributed by atoms with E-state index >= 15 is 0 Å². The SMILES string of the molecule is Cc1ccccc1.Cc1ccccc1.Cc1ccccc1.Cc1nc(C)nc(C)n1. The van der Waals surface area contributed by atoms with E-state index in [1.807, 2.05) is 75.4 Å². The summed E-state index contributed by atoms with van der Waals surface area (Å²) in [5.74, 6) is 2.38. The summed E-state index contributed by atoms with van der Waals surface area (Å²) in [6, 6.07) is 30.8. The highest BCUT2D eigenvalue weighted by Crippen LogP contribution is 1.93. The third kappa shape index (κ3) is 12.9. The third-order valence-corrected chi connectivity index (χ3v) is 3.79. The molecule has 0 bridgehead atoms. The van der Waals surface area contributed by atoms with Crippen molar-refractivity contribution in [2.75, 3.05) is 0 Å². The average Bonchev–Trinajstić information content (AvgIpc) is 2.70. The summed E-state index contributed by atoms with van der Waals surface area (Å²) < 4.78 is 0. The molecule has 4 aromatic rings. The van der Waals surface area contributed by atoms with Gasteiger partial charge in [0.25, 0.3) is 0 Å². The first-order chi connectivity index (χ1) is 14.4. The minimum Gasteiger partial charge on any atom is -0.219 e. The highest BCUT2D eigenvalue weighted by molar-refractivity contribution is 5.13. The first kappa shape index (κ1) is 24.7. The van der Waals surface area contributed by atoms with E-state index in [4.69, 9.17) is 0 Å². The van der Waals surface area contributed by atoms with E-state index in [0.717, 1.165) is 17.5 Å². The Balaban J connectivity index is 0.000000201. The summed E-state index contributed by atoms with van der Waals surface area (Å²) >= 11 is 0. The molecule has 1 aromatic heterocycles. The number of hydrogen-bond acceptors (Lipinski definition) is 3. The summed E-state index contributed by atoms with van der Waals surface area (Å²) in [6.45, 7) is 11.8. The van der Waals surface area contributed by atoms with Crippen LogP contribution in [-0.2, 0) is 0 Å². The molecule has 0 spiro atoms. The van der Waals surface area contributed by atoms with Gasteiger partial charge in [-0.15, -0.1) is 0 Å². The second-order valence-electron chi connectivity index (χ2n) is 6.94. The fourth-order valence-electron chi connectivity index (χ4n) is 2.38. The van der Waals surface area contributed by atoms with Crippen LogP contribution in [0.15, 0.2) is 91.0 Å². The molecule has 3 nitrogen and oxygen atoms in total. The monoisotopic (exact) mass is 399 g/mol. The molecule has 0 amide bonds. The van der Waals surface area contributed by atoms with Crippen LogP contribution in [0, 0.1) is 41.5 Å². The zero-order valence-corrected chi connectivity index (χ0v) is 19.0. The van der Waals surface area contributed by atoms with Gasteiger partial charge in [-0.25, -0.2) is 15.0 Å². The summed E-state index contributed by atoms with van der Waals surface area (Å²) in [5, 5.41) is 0. The molecule has 0 N–H and O–H groups in total. The van der Waals surface area contributed by atoms with Crippen molar-refractivity contribution in [3.8, 4) is 0 Å². The molecule has 3 heteroatoms. The van der Waals surface area contributed by atoms with Crippen LogP contribution in [0.5, 0.6) is 0 Å². The molecule has 0 aliphatic carbocycles. The maximum absolute atomic E-state index is 4.01. The minimum atomic E-state index is 0.792. The van der Waals surface area contributed by atoms with Crippen LogP contribution in [0.2, 0.25) is 0 Å². The van der Waals surface area contributed by atoms with Gasteiger partial charge in [-0.1, -0.05) is 108 Å². The predicted molar refractivity (Wildman–Crippen MR) is 128 cm³/mol. The fraction of sp³-hybridized carbons (Fsp3) is 0.222. The van der Waals surface area contributed by atoms with Crippen molar-refractivity contribution < 1.29 is 0 Å². The maximum atomic E-state index is 4.01. The van der Waals surface area contributed by atoms with Crippen LogP contribution in [-0.4, -0.2) is 15.0 Å². The van der Waals surface area contributed by atoms with Crippen LogP contribution in [0.3, 0.4) is 0 Å². The van der Waals surface area contributed by atoms with Gasteiger partial charge in [0.1, 0.15) is 17.5 Å². The fourth-order valence-corrected chi connectivity index (χ4v) is 2.38. The summed E-state index contributed by atoms with van der Waals surface area (Å²) in [5.41, 5.74) is 3.97. The highest BCUT2D eigenvalue weighted by atomic mass is 15.0. The Morgan fingerprint density at radius 1 is 0.333 bits per heavy atom. The maximum Gasteiger partial charge on any atom is 0.129 e. The number of aryl methyl sites for hydroxylation is 6. The molecular formula is C27H33N3. The smallest absolute Gasteiger partial charge is 0.129 e. The first-order valence-electron chi connectivity index (χ1n) is 10.1. The number of aromatic nitrogens is 3. The van der Waals surface area contributed by atoms with Gasteiger partial charge in [0.05, 0.1) is 0 Å². The van der Waals surface area contributed by atoms with Crippen molar-refractivity contribution in [1.29, 1.82) is 0 Å². The molecule has 0 saturated carbocycles. The molecule has 30 heavy (non-hydrogen) atoms. The Bertz CT molecular complexity index is 798. The van der Waals surface area contributed by atoms with Gasteiger partial charge in [0, 0.05) is 0 Å². The standard InChI is InChI=1S/3C7H8.C6H9N3/c3*1-7-5-3-2-4-6-7;1-4-7-5(2)9-6(3)8-4/h3*2-6H,1H3;1-3H3. The Kier molecular flexibility index (Phi) is 12.1. The van der Waals surface area contributed by atoms with Crippen molar-refractivity contribution in [3.63, 3.8) is 0 Å². The molecule has 4 rings (SSSR count). The van der Waals surface area contributed by atoms with Crippen LogP contribution in [0.25, 0.3) is 0 Å². The van der Waals surface area contributed by atoms with Crippen LogP contribution < -0.4 is 0 Å². The minimum absolute atomic E-state index is 0.792. The molecule has 0 aliphatic rings. The highest BCUT2D eigenvalue weighted by Gasteiger charge is 1.91. The Morgan fingerprint density at radius 2 is 0.533 bits per heavy atom. The van der Waals surface area contributed by atoms with Gasteiger partial charge < -0.3 is 0 Å². The van der Waals surface area contributed by atoms with Crippen molar-refractivity contribution in [3.05, 3.63) is 125 Å². The Labute approximate surface area is 181 Å². The molecule has 0 radical (unpaired) electrons. The van der Waals surface area contributed by atoms with Gasteiger partial charge in [-0.3, -0.25) is 0 Å². The largest absolute Gasteiger partial charge is 0.219 e. The third-order valence-electron chi connectivity index (χ3n) is 3.79. The first-order valence-corrected chi connectivity index (χ1v) is 10.1. The zero-order chi connectivity index (χ0) is 22.2. The van der Waals surface area contributed by atoms with Crippen molar-refractivity contribution in [1.82, 2.24) is 15.0 Å². The summed E-state index contributed by atoms with van der Waals surface area (Å²) in [7, 11) is 0. The van der Waals surface area contributed by atoms with E-state index in [0.29, 0.717) is 0 Å². The Morgan fingerprint density at radius 3 is 0.667 bits per heavy atom. The van der Waals surface area contributed by atoms with E-state index in [2.05, 4.69) is 72.1 Å². The molecule has 1 heterocycles. The lowest BCUT2D eigenvalue weighted by Crippen LogP contribution is -1.97. The number of hydrogen-bond donors (Lipinski definition) is 0. The molecule has 0 atom stereocenters.